The lowest BCUT2D eigenvalue weighted by Gasteiger charge is -2.49. The van der Waals surface area contributed by atoms with Crippen molar-refractivity contribution in [3.05, 3.63) is 71.3 Å². The van der Waals surface area contributed by atoms with Gasteiger partial charge in [0.1, 0.15) is 0 Å². The van der Waals surface area contributed by atoms with Gasteiger partial charge in [-0.1, -0.05) is 67.9 Å². The van der Waals surface area contributed by atoms with Crippen LogP contribution in [-0.4, -0.2) is 70.7 Å². The van der Waals surface area contributed by atoms with E-state index in [1.807, 2.05) is 0 Å². The first kappa shape index (κ1) is 41.4. The summed E-state index contributed by atoms with van der Waals surface area (Å²) in [7, 11) is 0. The standard InChI is InChI=1S/C30H20F21N/c1-19-12-7-13-20(19,52-18(15-8-3-2-4-9-15)16-10-5-6-11-17(16)19)14-21(31,32)22(33,34)23(35,36)24(37,38)25(39,40)26(41,42)27(43,44)28(45,46)29(47,48)30(49,50)51/h2-6,8-11H,7,12-14H2,1H3. The molecule has 0 bridgehead atoms. The monoisotopic (exact) mass is 793 g/mol. The highest BCUT2D eigenvalue weighted by molar-refractivity contribution is 6.15. The van der Waals surface area contributed by atoms with Crippen LogP contribution in [0.5, 0.6) is 0 Å². The van der Waals surface area contributed by atoms with Crippen molar-refractivity contribution in [3.8, 4) is 0 Å². The zero-order chi connectivity index (χ0) is 40.2. The highest BCUT2D eigenvalue weighted by atomic mass is 19.4. The molecule has 1 heterocycles. The van der Waals surface area contributed by atoms with Gasteiger partial charge in [0.2, 0.25) is 0 Å². The number of rotatable bonds is 11. The summed E-state index contributed by atoms with van der Waals surface area (Å²) in [5, 5.41) is 0. The number of aliphatic imine (C=N–C) groups is 1. The molecule has 0 spiro atoms. The minimum atomic E-state index is -9.21. The summed E-state index contributed by atoms with van der Waals surface area (Å²) < 4.78 is 295. The van der Waals surface area contributed by atoms with Crippen LogP contribution in [0.2, 0.25) is 0 Å². The maximum atomic E-state index is 15.6. The van der Waals surface area contributed by atoms with Gasteiger partial charge in [-0.2, -0.15) is 92.2 Å². The third kappa shape index (κ3) is 5.05. The molecule has 2 aromatic carbocycles. The highest BCUT2D eigenvalue weighted by Gasteiger charge is 2.98. The Balaban J connectivity index is 1.84. The molecule has 22 heteroatoms. The molecular formula is C30H20F21N. The fourth-order valence-electron chi connectivity index (χ4n) is 6.46. The Bertz CT molecular complexity index is 1690. The largest absolute Gasteiger partial charge is 0.460 e. The summed E-state index contributed by atoms with van der Waals surface area (Å²) in [6.45, 7) is 1.12. The Morgan fingerprint density at radius 1 is 0.500 bits per heavy atom. The second-order valence-corrected chi connectivity index (χ2v) is 12.6. The minimum absolute atomic E-state index is 0.0718. The molecule has 292 valence electrons. The van der Waals surface area contributed by atoms with Crippen LogP contribution < -0.4 is 0 Å². The molecule has 2 aromatic rings. The lowest BCUT2D eigenvalue weighted by molar-refractivity contribution is -0.474. The fraction of sp³-hybridized carbons (Fsp3) is 0.567. The topological polar surface area (TPSA) is 12.4 Å². The van der Waals surface area contributed by atoms with Crippen molar-refractivity contribution in [2.24, 2.45) is 4.99 Å². The molecule has 1 nitrogen and oxygen atoms in total. The molecule has 0 radical (unpaired) electrons. The Kier molecular flexibility index (Phi) is 9.21. The summed E-state index contributed by atoms with van der Waals surface area (Å²) in [6.07, 6.45) is -11.9. The fourth-order valence-corrected chi connectivity index (χ4v) is 6.46. The third-order valence-electron chi connectivity index (χ3n) is 9.53. The summed E-state index contributed by atoms with van der Waals surface area (Å²) in [4.78, 5) is 4.15. The SMILES string of the molecule is CC12CCCC1(CC(F)(F)C(F)(F)C(F)(F)C(F)(F)C(F)(F)C(F)(F)C(F)(F)C(F)(F)C(F)(F)C(F)(F)F)N=C(c1ccccc1)c1ccccc12. The van der Waals surface area contributed by atoms with Crippen LogP contribution in [0.15, 0.2) is 59.6 Å². The van der Waals surface area contributed by atoms with Crippen molar-refractivity contribution in [2.75, 3.05) is 0 Å². The smallest absolute Gasteiger partial charge is 0.276 e. The van der Waals surface area contributed by atoms with E-state index in [0.29, 0.717) is 0 Å². The molecule has 0 amide bonds. The maximum Gasteiger partial charge on any atom is 0.460 e. The average Bonchev–Trinajstić information content (AvgIpc) is 3.35. The molecule has 1 aliphatic carbocycles. The molecule has 4 rings (SSSR count). The van der Waals surface area contributed by atoms with Crippen molar-refractivity contribution in [3.63, 3.8) is 0 Å². The van der Waals surface area contributed by atoms with Crippen LogP contribution in [0.1, 0.15) is 49.3 Å². The Morgan fingerprint density at radius 2 is 0.904 bits per heavy atom. The predicted molar refractivity (Wildman–Crippen MR) is 138 cm³/mol. The van der Waals surface area contributed by atoms with E-state index in [0.717, 1.165) is 6.92 Å². The van der Waals surface area contributed by atoms with Gasteiger partial charge in [0.05, 0.1) is 11.3 Å². The van der Waals surface area contributed by atoms with Crippen LogP contribution >= 0.6 is 0 Å². The van der Waals surface area contributed by atoms with Crippen molar-refractivity contribution < 1.29 is 92.2 Å². The second-order valence-electron chi connectivity index (χ2n) is 12.6. The van der Waals surface area contributed by atoms with E-state index >= 15 is 17.6 Å². The van der Waals surface area contributed by atoms with E-state index in [1.54, 1.807) is 0 Å². The van der Waals surface area contributed by atoms with Crippen molar-refractivity contribution in [2.45, 2.75) is 103 Å². The van der Waals surface area contributed by atoms with E-state index in [1.165, 1.54) is 54.6 Å². The maximum absolute atomic E-state index is 15.6. The minimum Gasteiger partial charge on any atom is -0.276 e. The van der Waals surface area contributed by atoms with Crippen molar-refractivity contribution in [1.82, 2.24) is 0 Å². The summed E-state index contributed by atoms with van der Waals surface area (Å²) in [6, 6.07) is 12.3. The number of halogens is 21. The van der Waals surface area contributed by atoms with Gasteiger partial charge < -0.3 is 0 Å². The molecule has 0 saturated heterocycles. The number of hydrogen-bond donors (Lipinski definition) is 0. The number of alkyl halides is 21. The third-order valence-corrected chi connectivity index (χ3v) is 9.53. The Hall–Kier alpha value is -3.36. The van der Waals surface area contributed by atoms with E-state index < -0.39 is 83.3 Å². The van der Waals surface area contributed by atoms with E-state index in [2.05, 4.69) is 4.99 Å². The summed E-state index contributed by atoms with van der Waals surface area (Å²) >= 11 is 0. The number of hydrogen-bond acceptors (Lipinski definition) is 1. The van der Waals surface area contributed by atoms with Gasteiger partial charge in [-0.3, -0.25) is 4.99 Å². The van der Waals surface area contributed by atoms with Crippen molar-refractivity contribution >= 4 is 5.71 Å². The summed E-state index contributed by atoms with van der Waals surface area (Å²) in [5.74, 6) is -77.3. The quantitative estimate of drug-likeness (QED) is 0.201. The second kappa shape index (κ2) is 11.6. The van der Waals surface area contributed by atoms with E-state index in [9.17, 15) is 74.6 Å². The van der Waals surface area contributed by atoms with Gasteiger partial charge in [0, 0.05) is 23.0 Å². The van der Waals surface area contributed by atoms with Crippen LogP contribution in [-0.2, 0) is 5.41 Å². The molecule has 1 aliphatic heterocycles. The summed E-state index contributed by atoms with van der Waals surface area (Å²) in [5.41, 5.74) is -4.44. The first-order chi connectivity index (χ1) is 23.1. The van der Waals surface area contributed by atoms with Crippen LogP contribution in [0, 0.1) is 0 Å². The molecule has 1 saturated carbocycles. The molecule has 0 aromatic heterocycles. The Labute approximate surface area is 277 Å². The van der Waals surface area contributed by atoms with Gasteiger partial charge in [-0.05, 0) is 18.4 Å². The van der Waals surface area contributed by atoms with E-state index in [4.69, 9.17) is 0 Å². The lowest BCUT2D eigenvalue weighted by Crippen LogP contribution is -2.77. The zero-order valence-electron chi connectivity index (χ0n) is 25.4. The number of nitrogens with zero attached hydrogens (tertiary/aromatic N) is 1. The molecule has 0 N–H and O–H groups in total. The average molecular weight is 793 g/mol. The van der Waals surface area contributed by atoms with Crippen LogP contribution in [0.4, 0.5) is 92.2 Å². The van der Waals surface area contributed by atoms with Gasteiger partial charge >= 0.3 is 59.5 Å². The molecule has 2 unspecified atom stereocenters. The van der Waals surface area contributed by atoms with Gasteiger partial charge in [-0.25, -0.2) is 0 Å². The molecule has 2 atom stereocenters. The van der Waals surface area contributed by atoms with Gasteiger partial charge in [-0.15, -0.1) is 0 Å². The number of benzene rings is 2. The van der Waals surface area contributed by atoms with Crippen LogP contribution in [0.3, 0.4) is 0 Å². The van der Waals surface area contributed by atoms with Gasteiger partial charge in [0.15, 0.2) is 0 Å². The number of fused-ring (bicyclic) bond motifs is 3. The van der Waals surface area contributed by atoms with Crippen LogP contribution in [0.25, 0.3) is 0 Å². The Morgan fingerprint density at radius 3 is 1.37 bits per heavy atom. The molecular weight excluding hydrogens is 773 g/mol. The first-order valence-electron chi connectivity index (χ1n) is 14.3. The lowest BCUT2D eigenvalue weighted by atomic mass is 9.62. The predicted octanol–water partition coefficient (Wildman–Crippen LogP) is 11.4. The van der Waals surface area contributed by atoms with Gasteiger partial charge in [0.25, 0.3) is 0 Å². The van der Waals surface area contributed by atoms with Crippen molar-refractivity contribution in [1.29, 1.82) is 0 Å². The molecule has 2 aliphatic rings. The zero-order valence-corrected chi connectivity index (χ0v) is 25.4. The highest BCUT2D eigenvalue weighted by Crippen LogP contribution is 2.68. The van der Waals surface area contributed by atoms with E-state index in [-0.39, 0.29) is 35.2 Å². The normalized spacial score (nSPS) is 22.9. The molecule has 1 fully saturated rings. The molecule has 52 heavy (non-hydrogen) atoms. The first-order valence-corrected chi connectivity index (χ1v) is 14.3.